The fraction of sp³-hybridized carbons (Fsp3) is 0.611. The molecule has 3 rings (SSSR count). The van der Waals surface area contributed by atoms with Crippen LogP contribution in [-0.4, -0.2) is 31.6 Å². The van der Waals surface area contributed by atoms with E-state index in [1.54, 1.807) is 0 Å². The first-order valence-corrected chi connectivity index (χ1v) is 8.68. The number of hydrogen-bond acceptors (Lipinski definition) is 2. The Hall–Kier alpha value is -0.980. The van der Waals surface area contributed by atoms with E-state index >= 15 is 0 Å². The molecule has 1 aromatic carbocycles. The third kappa shape index (κ3) is 5.55. The first kappa shape index (κ1) is 18.4. The molecule has 0 amide bonds. The molecule has 0 bridgehead atoms. The van der Waals surface area contributed by atoms with Crippen LogP contribution >= 0.6 is 24.0 Å². The van der Waals surface area contributed by atoms with Crippen LogP contribution in [0.4, 0.5) is 5.69 Å². The maximum Gasteiger partial charge on any atom is 0.188 e. The molecule has 1 saturated carbocycles. The van der Waals surface area contributed by atoms with Gasteiger partial charge in [-0.05, 0) is 37.3 Å². The largest absolute Gasteiger partial charge is 0.371 e. The van der Waals surface area contributed by atoms with Gasteiger partial charge in [0.15, 0.2) is 5.96 Å². The van der Waals surface area contributed by atoms with Gasteiger partial charge in [-0.1, -0.05) is 37.5 Å². The lowest BCUT2D eigenvalue weighted by molar-refractivity contribution is 0.412. The number of hydrogen-bond donors (Lipinski definition) is 2. The normalized spacial score (nSPS) is 22.7. The van der Waals surface area contributed by atoms with Gasteiger partial charge in [-0.25, -0.2) is 0 Å². The molecular formula is C18H29IN4. The van der Waals surface area contributed by atoms with Crippen LogP contribution in [-0.2, 0) is 0 Å². The van der Waals surface area contributed by atoms with Gasteiger partial charge in [0.25, 0.3) is 0 Å². The van der Waals surface area contributed by atoms with Crippen LogP contribution in [0.2, 0.25) is 0 Å². The molecule has 5 heteroatoms. The van der Waals surface area contributed by atoms with Gasteiger partial charge < -0.3 is 16.0 Å². The lowest BCUT2D eigenvalue weighted by Gasteiger charge is -2.23. The maximum atomic E-state index is 6.05. The number of nitrogens with one attached hydrogen (secondary N) is 1. The number of nitrogens with two attached hydrogens (primary N) is 1. The molecule has 128 valence electrons. The minimum Gasteiger partial charge on any atom is -0.371 e. The molecule has 1 saturated heterocycles. The van der Waals surface area contributed by atoms with Gasteiger partial charge in [0.05, 0.1) is 0 Å². The number of guanidine groups is 1. The highest BCUT2D eigenvalue weighted by Gasteiger charge is 2.22. The zero-order chi connectivity index (χ0) is 15.2. The average Bonchev–Trinajstić information content (AvgIpc) is 3.04. The molecule has 1 aliphatic carbocycles. The molecule has 1 atom stereocenters. The van der Waals surface area contributed by atoms with Gasteiger partial charge in [-0.15, -0.1) is 24.0 Å². The number of nitrogens with zero attached hydrogens (tertiary/aromatic N) is 2. The Bertz CT molecular complexity index is 485. The summed E-state index contributed by atoms with van der Waals surface area (Å²) in [6.07, 6.45) is 7.68. The molecule has 1 aromatic rings. The fourth-order valence-corrected chi connectivity index (χ4v) is 3.58. The topological polar surface area (TPSA) is 53.6 Å². The Kier molecular flexibility index (Phi) is 7.46. The molecule has 1 heterocycles. The molecule has 1 aliphatic heterocycles. The minimum absolute atomic E-state index is 0. The van der Waals surface area contributed by atoms with Gasteiger partial charge in [0, 0.05) is 31.4 Å². The highest BCUT2D eigenvalue weighted by atomic mass is 127. The van der Waals surface area contributed by atoms with Crippen molar-refractivity contribution in [1.29, 1.82) is 0 Å². The Morgan fingerprint density at radius 1 is 1.13 bits per heavy atom. The molecule has 0 spiro atoms. The molecular weight excluding hydrogens is 399 g/mol. The maximum absolute atomic E-state index is 6.05. The summed E-state index contributed by atoms with van der Waals surface area (Å²) < 4.78 is 0. The van der Waals surface area contributed by atoms with Crippen LogP contribution in [0.25, 0.3) is 0 Å². The summed E-state index contributed by atoms with van der Waals surface area (Å²) in [7, 11) is 0. The van der Waals surface area contributed by atoms with E-state index in [2.05, 4.69) is 45.5 Å². The highest BCUT2D eigenvalue weighted by Crippen LogP contribution is 2.23. The van der Waals surface area contributed by atoms with Crippen molar-refractivity contribution >= 4 is 35.6 Å². The smallest absolute Gasteiger partial charge is 0.188 e. The van der Waals surface area contributed by atoms with Gasteiger partial charge >= 0.3 is 0 Å². The Morgan fingerprint density at radius 3 is 2.61 bits per heavy atom. The molecule has 1 unspecified atom stereocenters. The number of anilines is 1. The van der Waals surface area contributed by atoms with Gasteiger partial charge in [0.2, 0.25) is 0 Å². The van der Waals surface area contributed by atoms with Crippen molar-refractivity contribution in [2.45, 2.75) is 44.6 Å². The van der Waals surface area contributed by atoms with Crippen molar-refractivity contribution in [3.05, 3.63) is 30.3 Å². The predicted octanol–water partition coefficient (Wildman–Crippen LogP) is 3.37. The SMILES string of the molecule is I.NC(=NCC1CCN(c2ccccc2)C1)NC1CCCCC1. The summed E-state index contributed by atoms with van der Waals surface area (Å²) in [6, 6.07) is 11.2. The third-order valence-corrected chi connectivity index (χ3v) is 4.88. The zero-order valence-corrected chi connectivity index (χ0v) is 16.1. The van der Waals surface area contributed by atoms with Crippen LogP contribution in [0.3, 0.4) is 0 Å². The van der Waals surface area contributed by atoms with Gasteiger partial charge in [-0.3, -0.25) is 4.99 Å². The van der Waals surface area contributed by atoms with Crippen molar-refractivity contribution in [2.75, 3.05) is 24.5 Å². The van der Waals surface area contributed by atoms with E-state index in [0.717, 1.165) is 19.6 Å². The molecule has 4 nitrogen and oxygen atoms in total. The Balaban J connectivity index is 0.00000192. The zero-order valence-electron chi connectivity index (χ0n) is 13.8. The van der Waals surface area contributed by atoms with Gasteiger partial charge in [0.1, 0.15) is 0 Å². The minimum atomic E-state index is 0. The van der Waals surface area contributed by atoms with Crippen LogP contribution in [0, 0.1) is 5.92 Å². The monoisotopic (exact) mass is 428 g/mol. The van der Waals surface area contributed by atoms with Crippen LogP contribution in [0.1, 0.15) is 38.5 Å². The summed E-state index contributed by atoms with van der Waals surface area (Å²) in [5.41, 5.74) is 7.38. The number of aliphatic imine (C=N–C) groups is 1. The van der Waals surface area contributed by atoms with E-state index in [0.29, 0.717) is 17.9 Å². The summed E-state index contributed by atoms with van der Waals surface area (Å²) in [6.45, 7) is 3.05. The first-order chi connectivity index (χ1) is 10.8. The standard InChI is InChI=1S/C18H28N4.HI/c19-18(21-16-7-3-1-4-8-16)20-13-15-11-12-22(14-15)17-9-5-2-6-10-17;/h2,5-6,9-10,15-16H,1,3-4,7-8,11-14H2,(H3,19,20,21);1H. The quantitative estimate of drug-likeness (QED) is 0.439. The number of halogens is 1. The van der Waals surface area contributed by atoms with Crippen LogP contribution in [0.5, 0.6) is 0 Å². The van der Waals surface area contributed by atoms with Crippen LogP contribution < -0.4 is 16.0 Å². The second-order valence-electron chi connectivity index (χ2n) is 6.64. The second-order valence-corrected chi connectivity index (χ2v) is 6.64. The van der Waals surface area contributed by atoms with Crippen molar-refractivity contribution in [1.82, 2.24) is 5.32 Å². The fourth-order valence-electron chi connectivity index (χ4n) is 3.58. The summed E-state index contributed by atoms with van der Waals surface area (Å²) in [5.74, 6) is 1.26. The van der Waals surface area contributed by atoms with E-state index in [1.807, 2.05) is 0 Å². The molecule has 0 radical (unpaired) electrons. The van der Waals surface area contributed by atoms with Crippen molar-refractivity contribution in [3.63, 3.8) is 0 Å². The molecule has 3 N–H and O–H groups in total. The number of benzene rings is 1. The van der Waals surface area contributed by atoms with E-state index in [1.165, 1.54) is 44.2 Å². The predicted molar refractivity (Wildman–Crippen MR) is 109 cm³/mol. The number of para-hydroxylation sites is 1. The second kappa shape index (κ2) is 9.35. The third-order valence-electron chi connectivity index (χ3n) is 4.88. The summed E-state index contributed by atoms with van der Waals surface area (Å²) in [5, 5.41) is 3.40. The molecule has 2 fully saturated rings. The Labute approximate surface area is 156 Å². The lowest BCUT2D eigenvalue weighted by Crippen LogP contribution is -2.41. The van der Waals surface area contributed by atoms with Crippen molar-refractivity contribution < 1.29 is 0 Å². The van der Waals surface area contributed by atoms with E-state index in [9.17, 15) is 0 Å². The van der Waals surface area contributed by atoms with Crippen LogP contribution in [0.15, 0.2) is 35.3 Å². The average molecular weight is 428 g/mol. The summed E-state index contributed by atoms with van der Waals surface area (Å²) in [4.78, 5) is 7.03. The van der Waals surface area contributed by atoms with Crippen molar-refractivity contribution in [3.8, 4) is 0 Å². The number of rotatable bonds is 4. The Morgan fingerprint density at radius 2 is 1.87 bits per heavy atom. The van der Waals surface area contributed by atoms with E-state index in [-0.39, 0.29) is 24.0 Å². The molecule has 2 aliphatic rings. The first-order valence-electron chi connectivity index (χ1n) is 8.68. The molecule has 0 aromatic heterocycles. The lowest BCUT2D eigenvalue weighted by atomic mass is 9.96. The molecule has 23 heavy (non-hydrogen) atoms. The van der Waals surface area contributed by atoms with Crippen molar-refractivity contribution in [2.24, 2.45) is 16.6 Å². The highest BCUT2D eigenvalue weighted by molar-refractivity contribution is 14.0. The van der Waals surface area contributed by atoms with Gasteiger partial charge in [-0.2, -0.15) is 0 Å². The van der Waals surface area contributed by atoms with E-state index in [4.69, 9.17) is 5.73 Å². The summed E-state index contributed by atoms with van der Waals surface area (Å²) >= 11 is 0. The van der Waals surface area contributed by atoms with E-state index < -0.39 is 0 Å².